The summed E-state index contributed by atoms with van der Waals surface area (Å²) in [6.45, 7) is 6.66. The summed E-state index contributed by atoms with van der Waals surface area (Å²) in [6, 6.07) is 9.16. The van der Waals surface area contributed by atoms with Gasteiger partial charge in [-0.3, -0.25) is 0 Å². The lowest BCUT2D eigenvalue weighted by molar-refractivity contribution is 0.535. The van der Waals surface area contributed by atoms with Crippen molar-refractivity contribution in [2.45, 2.75) is 117 Å². The van der Waals surface area contributed by atoms with Crippen LogP contribution in [0.3, 0.4) is 0 Å². The monoisotopic (exact) mass is 343 g/mol. The van der Waals surface area contributed by atoms with E-state index in [1.54, 1.807) is 0 Å². The summed E-state index contributed by atoms with van der Waals surface area (Å²) in [5, 5.41) is 0. The molecule has 1 aromatic carbocycles. The first kappa shape index (κ1) is 22.3. The van der Waals surface area contributed by atoms with Gasteiger partial charge in [-0.2, -0.15) is 0 Å². The van der Waals surface area contributed by atoms with Crippen LogP contribution in [0.2, 0.25) is 0 Å². The molecule has 1 radical (unpaired) electrons. The normalized spacial score (nSPS) is 11.4. The summed E-state index contributed by atoms with van der Waals surface area (Å²) in [5.74, 6) is 1.41. The number of aryl methyl sites for hydroxylation is 1. The Bertz CT molecular complexity index is 387. The van der Waals surface area contributed by atoms with Crippen molar-refractivity contribution < 1.29 is 0 Å². The molecule has 1 aromatic rings. The number of hydrogen-bond donors (Lipinski definition) is 0. The molecule has 0 amide bonds. The van der Waals surface area contributed by atoms with E-state index in [1.165, 1.54) is 113 Å². The van der Waals surface area contributed by atoms with Crippen molar-refractivity contribution in [1.29, 1.82) is 0 Å². The lowest BCUT2D eigenvalue weighted by Gasteiger charge is -2.06. The van der Waals surface area contributed by atoms with Crippen molar-refractivity contribution in [2.24, 2.45) is 0 Å². The maximum absolute atomic E-state index is 2.31. The molecule has 0 nitrogen and oxygen atoms in total. The van der Waals surface area contributed by atoms with Crippen LogP contribution in [-0.4, -0.2) is 0 Å². The third-order valence-corrected chi connectivity index (χ3v) is 5.35. The lowest BCUT2D eigenvalue weighted by Crippen LogP contribution is -1.90. The fourth-order valence-corrected chi connectivity index (χ4v) is 3.53. The van der Waals surface area contributed by atoms with E-state index in [4.69, 9.17) is 0 Å². The molecule has 0 atom stereocenters. The number of hydrogen-bond acceptors (Lipinski definition) is 0. The largest absolute Gasteiger partial charge is 0.0654 e. The highest BCUT2D eigenvalue weighted by atomic mass is 14.0. The van der Waals surface area contributed by atoms with Crippen molar-refractivity contribution in [3.8, 4) is 0 Å². The molecule has 0 aliphatic heterocycles. The second-order valence-electron chi connectivity index (χ2n) is 8.04. The molecule has 0 saturated carbocycles. The Kier molecular flexibility index (Phi) is 13.8. The summed E-state index contributed by atoms with van der Waals surface area (Å²) in [4.78, 5) is 0. The van der Waals surface area contributed by atoms with Crippen LogP contribution in [0.25, 0.3) is 0 Å². The molecule has 0 saturated heterocycles. The van der Waals surface area contributed by atoms with Gasteiger partial charge in [0.1, 0.15) is 0 Å². The van der Waals surface area contributed by atoms with Crippen LogP contribution in [0.5, 0.6) is 0 Å². The average molecular weight is 344 g/mol. The van der Waals surface area contributed by atoms with E-state index in [-0.39, 0.29) is 0 Å². The third-order valence-electron chi connectivity index (χ3n) is 5.35. The molecule has 25 heavy (non-hydrogen) atoms. The van der Waals surface area contributed by atoms with E-state index in [0.29, 0.717) is 0 Å². The van der Waals surface area contributed by atoms with Crippen LogP contribution < -0.4 is 0 Å². The van der Waals surface area contributed by atoms with E-state index < -0.39 is 0 Å². The standard InChI is InChI=1S/C25H43/c1-4-5-6-7-8-9-10-11-12-13-14-15-16-17-18-24-19-21-25(22-20-24)23(2)3/h19-22H,4-18H2,1-3H3. The van der Waals surface area contributed by atoms with Crippen molar-refractivity contribution in [3.05, 3.63) is 41.3 Å². The van der Waals surface area contributed by atoms with Gasteiger partial charge in [0.15, 0.2) is 0 Å². The zero-order valence-electron chi connectivity index (χ0n) is 17.4. The molecular formula is C25H43. The van der Waals surface area contributed by atoms with Gasteiger partial charge >= 0.3 is 0 Å². The molecule has 0 bridgehead atoms. The minimum absolute atomic E-state index is 1.25. The molecule has 143 valence electrons. The Morgan fingerprint density at radius 2 is 0.960 bits per heavy atom. The first-order valence-electron chi connectivity index (χ1n) is 11.1. The maximum Gasteiger partial charge on any atom is -0.00120 e. The van der Waals surface area contributed by atoms with E-state index in [1.807, 2.05) is 0 Å². The highest BCUT2D eigenvalue weighted by Gasteiger charge is 2.00. The van der Waals surface area contributed by atoms with Crippen molar-refractivity contribution in [1.82, 2.24) is 0 Å². The smallest absolute Gasteiger partial charge is 0.00120 e. The van der Waals surface area contributed by atoms with Gasteiger partial charge in [-0.15, -0.1) is 0 Å². The second kappa shape index (κ2) is 15.5. The van der Waals surface area contributed by atoms with Gasteiger partial charge < -0.3 is 0 Å². The summed E-state index contributed by atoms with van der Waals surface area (Å²) < 4.78 is 0. The average Bonchev–Trinajstić information content (AvgIpc) is 2.62. The van der Waals surface area contributed by atoms with Crippen LogP contribution in [0.4, 0.5) is 0 Å². The minimum atomic E-state index is 1.25. The molecule has 0 spiro atoms. The lowest BCUT2D eigenvalue weighted by atomic mass is 9.99. The zero-order valence-corrected chi connectivity index (χ0v) is 17.4. The van der Waals surface area contributed by atoms with Crippen molar-refractivity contribution >= 4 is 0 Å². The Labute approximate surface area is 158 Å². The first-order chi connectivity index (χ1) is 12.2. The summed E-state index contributed by atoms with van der Waals surface area (Å²) in [5.41, 5.74) is 2.88. The van der Waals surface area contributed by atoms with Crippen LogP contribution in [-0.2, 0) is 6.42 Å². The molecule has 0 heterocycles. The van der Waals surface area contributed by atoms with Crippen LogP contribution >= 0.6 is 0 Å². The van der Waals surface area contributed by atoms with E-state index in [0.717, 1.165) is 0 Å². The topological polar surface area (TPSA) is 0 Å². The van der Waals surface area contributed by atoms with Crippen LogP contribution in [0, 0.1) is 5.92 Å². The summed E-state index contributed by atoms with van der Waals surface area (Å²) in [7, 11) is 0. The number of rotatable bonds is 16. The Morgan fingerprint density at radius 3 is 1.36 bits per heavy atom. The second-order valence-corrected chi connectivity index (χ2v) is 8.04. The predicted octanol–water partition coefficient (Wildman–Crippen LogP) is 8.67. The van der Waals surface area contributed by atoms with Gasteiger partial charge in [0.25, 0.3) is 0 Å². The van der Waals surface area contributed by atoms with Crippen molar-refractivity contribution in [3.63, 3.8) is 0 Å². The Morgan fingerprint density at radius 1 is 0.560 bits per heavy atom. The minimum Gasteiger partial charge on any atom is -0.0654 e. The van der Waals surface area contributed by atoms with Crippen LogP contribution in [0.1, 0.15) is 122 Å². The van der Waals surface area contributed by atoms with Crippen LogP contribution in [0.15, 0.2) is 24.3 Å². The Balaban J connectivity index is 1.84. The SMILES string of the molecule is CCCCCCCCCCCCCCCCc1ccc([C](C)C)cc1. The first-order valence-corrected chi connectivity index (χ1v) is 11.1. The van der Waals surface area contributed by atoms with Gasteiger partial charge in [-0.25, -0.2) is 0 Å². The highest BCUT2D eigenvalue weighted by molar-refractivity contribution is 5.31. The maximum atomic E-state index is 2.31. The fourth-order valence-electron chi connectivity index (χ4n) is 3.53. The van der Waals surface area contributed by atoms with E-state index >= 15 is 0 Å². The van der Waals surface area contributed by atoms with Gasteiger partial charge in [0.2, 0.25) is 0 Å². The molecule has 0 N–H and O–H groups in total. The predicted molar refractivity (Wildman–Crippen MR) is 114 cm³/mol. The third kappa shape index (κ3) is 12.2. The van der Waals surface area contributed by atoms with Gasteiger partial charge in [-0.1, -0.05) is 129 Å². The summed E-state index contributed by atoms with van der Waals surface area (Å²) >= 11 is 0. The molecule has 0 heteroatoms. The summed E-state index contributed by atoms with van der Waals surface area (Å²) in [6.07, 6.45) is 21.4. The molecule has 0 fully saturated rings. The quantitative estimate of drug-likeness (QED) is 0.263. The fraction of sp³-hybridized carbons (Fsp3) is 0.720. The number of unbranched alkanes of at least 4 members (excludes halogenated alkanes) is 13. The van der Waals surface area contributed by atoms with Gasteiger partial charge in [0.05, 0.1) is 0 Å². The molecule has 0 aliphatic rings. The zero-order chi connectivity index (χ0) is 18.2. The van der Waals surface area contributed by atoms with Crippen molar-refractivity contribution in [2.75, 3.05) is 0 Å². The molecule has 0 aromatic heterocycles. The Hall–Kier alpha value is -0.780. The van der Waals surface area contributed by atoms with E-state index in [9.17, 15) is 0 Å². The number of benzene rings is 1. The van der Waals surface area contributed by atoms with E-state index in [2.05, 4.69) is 45.0 Å². The van der Waals surface area contributed by atoms with Gasteiger partial charge in [0, 0.05) is 0 Å². The molecule has 1 rings (SSSR count). The highest BCUT2D eigenvalue weighted by Crippen LogP contribution is 2.16. The molecular weight excluding hydrogens is 300 g/mol. The molecule has 0 unspecified atom stereocenters. The van der Waals surface area contributed by atoms with Gasteiger partial charge in [-0.05, 0) is 29.9 Å². The molecule has 0 aliphatic carbocycles.